The molecule has 0 saturated heterocycles. The molecular formula is C142H92. The summed E-state index contributed by atoms with van der Waals surface area (Å²) in [5.41, 5.74) is -21.9. The summed E-state index contributed by atoms with van der Waals surface area (Å²) in [4.78, 5) is 0. The second-order valence-electron chi connectivity index (χ2n) is 30.2. The number of benzene rings is 28. The topological polar surface area (TPSA) is 0 Å². The van der Waals surface area contributed by atoms with Gasteiger partial charge >= 0.3 is 0 Å². The van der Waals surface area contributed by atoms with E-state index >= 15 is 0 Å². The van der Waals surface area contributed by atoms with E-state index in [4.69, 9.17) is 78.1 Å². The van der Waals surface area contributed by atoms with E-state index in [9.17, 15) is 48.0 Å². The molecule has 0 aliphatic heterocycles. The molecule has 0 N–H and O–H groups in total. The van der Waals surface area contributed by atoms with Crippen molar-refractivity contribution >= 4 is 140 Å². The summed E-state index contributed by atoms with van der Waals surface area (Å²) in [6, 6.07) is -93.0. The Balaban J connectivity index is 0.000000159. The summed E-state index contributed by atoms with van der Waals surface area (Å²) in [5.74, 6) is 0. The fraction of sp³-hybridized carbons (Fsp3) is 0. The lowest BCUT2D eigenvalue weighted by molar-refractivity contribution is 1.62. The van der Waals surface area contributed by atoms with Gasteiger partial charge in [0.1, 0.15) is 0 Å². The second kappa shape index (κ2) is 36.2. The van der Waals surface area contributed by atoms with Gasteiger partial charge in [-0.25, -0.2) is 0 Å². The molecule has 0 radical (unpaired) electrons. The molecule has 0 fully saturated rings. The maximum absolute atomic E-state index is 10.3. The van der Waals surface area contributed by atoms with Gasteiger partial charge in [-0.15, -0.1) is 0 Å². The van der Waals surface area contributed by atoms with Crippen LogP contribution in [0.4, 0.5) is 0 Å². The highest BCUT2D eigenvalue weighted by Gasteiger charge is 2.25. The Bertz CT molecular complexity index is 15900. The van der Waals surface area contributed by atoms with Crippen LogP contribution in [0.3, 0.4) is 0 Å². The van der Waals surface area contributed by atoms with Crippen LogP contribution in [0.25, 0.3) is 274 Å². The van der Waals surface area contributed by atoms with Crippen LogP contribution in [0.2, 0.25) is 0 Å². The Morgan fingerprint density at radius 2 is 0.261 bits per heavy atom. The normalized spacial score (nSPS) is 20.6. The zero-order valence-corrected chi connectivity index (χ0v) is 71.0. The number of hydrogen-bond donors (Lipinski definition) is 0. The highest BCUT2D eigenvalue weighted by Crippen LogP contribution is 2.52. The van der Waals surface area contributed by atoms with Gasteiger partial charge in [-0.2, -0.15) is 0 Å². The summed E-state index contributed by atoms with van der Waals surface area (Å²) < 4.78 is 832. The molecule has 0 aromatic heterocycles. The highest BCUT2D eigenvalue weighted by atomic mass is 14.3. The molecule has 28 rings (SSSR count). The minimum atomic E-state index is -1.22. The third-order valence-corrected chi connectivity index (χ3v) is 22.2. The van der Waals surface area contributed by atoms with E-state index in [1.165, 1.54) is 0 Å². The molecule has 0 amide bonds. The average Bonchev–Trinajstić information content (AvgIpc) is 0.681. The third-order valence-electron chi connectivity index (χ3n) is 22.2. The molecule has 0 unspecified atom stereocenters. The number of hydrogen-bond acceptors (Lipinski definition) is 0. The van der Waals surface area contributed by atoms with Crippen molar-refractivity contribution in [2.75, 3.05) is 0 Å². The zero-order chi connectivity index (χ0) is 174. The minimum Gasteiger partial charge on any atom is -0.0622 e. The fourth-order valence-corrected chi connectivity index (χ4v) is 16.0. The van der Waals surface area contributed by atoms with Gasteiger partial charge in [-0.05, 0) is 346 Å². The van der Waals surface area contributed by atoms with Gasteiger partial charge in [0.25, 0.3) is 0 Å². The molecule has 0 nitrogen and oxygen atoms in total. The van der Waals surface area contributed by atoms with Crippen LogP contribution < -0.4 is 0 Å². The lowest BCUT2D eigenvalue weighted by atomic mass is 9.83. The van der Waals surface area contributed by atoms with E-state index < -0.39 is 829 Å². The van der Waals surface area contributed by atoms with Crippen molar-refractivity contribution in [1.82, 2.24) is 0 Å². The quantitative estimate of drug-likeness (QED) is 0.107. The zero-order valence-electron chi connectivity index (χ0n) is 163. The molecule has 0 heterocycles. The van der Waals surface area contributed by atoms with Crippen molar-refractivity contribution in [2.24, 2.45) is 0 Å². The monoisotopic (exact) mass is 1890 g/mol. The van der Waals surface area contributed by atoms with Crippen LogP contribution in [0.15, 0.2) is 556 Å². The van der Waals surface area contributed by atoms with Gasteiger partial charge in [0.15, 0.2) is 0 Å². The van der Waals surface area contributed by atoms with Crippen LogP contribution in [0, 0.1) is 0 Å². The lowest BCUT2D eigenvalue weighted by Crippen LogP contribution is -1.92. The Kier molecular flexibility index (Phi) is 8.18. The molecule has 0 spiro atoms. The van der Waals surface area contributed by atoms with Crippen molar-refractivity contribution in [3.05, 3.63) is 556 Å². The van der Waals surface area contributed by atoms with Crippen LogP contribution in [0.1, 0.15) is 126 Å². The summed E-state index contributed by atoms with van der Waals surface area (Å²) in [5, 5.41) is -20.0. The molecule has 28 aromatic carbocycles. The predicted octanol–water partition coefficient (Wildman–Crippen LogP) is 40.1. The minimum absolute atomic E-state index is 0.600. The molecule has 0 aliphatic carbocycles. The average molecular weight is 1890 g/mol. The van der Waals surface area contributed by atoms with Crippen molar-refractivity contribution in [2.45, 2.75) is 0 Å². The summed E-state index contributed by atoms with van der Waals surface area (Å²) in [7, 11) is 0. The molecule has 142 heavy (non-hydrogen) atoms. The van der Waals surface area contributed by atoms with E-state index in [2.05, 4.69) is 0 Å². The first-order valence-corrected chi connectivity index (χ1v) is 41.8. The first kappa shape index (κ1) is 32.1. The van der Waals surface area contributed by atoms with Crippen molar-refractivity contribution in [3.8, 4) is 134 Å². The summed E-state index contributed by atoms with van der Waals surface area (Å²) in [6.07, 6.45) is 0. The Labute approximate surface area is 954 Å². The van der Waals surface area contributed by atoms with E-state index in [1.54, 1.807) is 0 Å². The molecule has 0 atom stereocenters. The van der Waals surface area contributed by atoms with Gasteiger partial charge in [0, 0.05) is 0 Å². The maximum atomic E-state index is 10.3. The summed E-state index contributed by atoms with van der Waals surface area (Å²) in [6.45, 7) is 0. The van der Waals surface area contributed by atoms with E-state index in [1.807, 2.05) is 0 Å². The van der Waals surface area contributed by atoms with Gasteiger partial charge < -0.3 is 0 Å². The standard InChI is InChI=1S/C50H32.2C46H30/c1-3-14-36-29-39(25-23-33(36)11-1)38-17-9-18-41(31-38)49-45-20-7-8-21-46(45)50(42-26-24-34-12-2-4-15-37(34)30-42)48-32-40(27-28-47(48)49)44-22-10-16-35-13-5-6-19-43(35)44;1-2-11-31(12-3-1)38-25-26-43-44(30-38)46(39-18-10-17-36(29-39)37-23-21-32-13-4-6-15-34(32)27-37)42-20-9-8-19-41(42)45(43)40-24-22-33-14-5-7-16-35(33)28-40;1-2-11-31(12-3-1)38-25-26-43-44(30-38)46(40-24-22-33-14-5-7-16-35(33)28-40)42-20-9-8-19-41(42)45(43)39-18-10-17-36(29-39)37-23-21-32-13-4-6-15-34(32)27-37/h1-32H;2*1-30H/i1D,2D,3D,4D,5D,6D,7D,8D,9D,10D,11D,12D,13D,14D,15D,16D,17D,18D,19D,20D,21D,22D,23D,24D,25D,26D,27D,28D,29D,30D,31D,32D;2*1D,2D,3D,4D,5D,6D,7D,8D,9D,10D,11D,12D,13D,14D,15D,16D,17D,18D,19D,20D,21D,22D,23D,24D,25D,26D,27D,28D,29D,30D. The molecule has 0 saturated carbocycles. The SMILES string of the molecule is [2H]c1c([2H])c(-c2c([2H])c([2H])c3c([2H])c([2H])c([2H])c([2H])c3c2[2H])c([2H])c(-c2c3c([2H])c([2H])c([2H])c([2H])c3c(-c3c([2H])c([2H])c4c([2H])c([2H])c([2H])c([2H])c4c3[2H])c3c([2H])c(-c4c([2H])c([2H])c([2H])c5c([2H])c([2H])c([2H])c([2H])c45)c([2H])c([2H])c23)c1[2H].[2H]c1c([2H])c([2H])c(-c2c([2H])c([2H])c3c(-c4c([2H])c([2H])c([2H])c(-c5c([2H])c([2H])c6c([2H])c([2H])c([2H])c([2H])c6c5[2H])c4[2H])c4c([2H])c([2H])c([2H])c([2H])c4c(-c4c([2H])c([2H])c5c([2H])c([2H])c([2H])c([2H])c5c4[2H])c3c2[2H])c([2H])c1[2H].[2H]c1c([2H])c([2H])c(-c2c([2H])c([2H])c3c(-c4c([2H])c([2H])c5c([2H])c([2H])c([2H])c([2H])c5c4[2H])c4c([2H])c([2H])c([2H])c([2H])c4c(-c4c([2H])c([2H])c([2H])c(-c5c([2H])c([2H])c6c([2H])c([2H])c([2H])c([2H])c6c5[2H])c4[2H])c3c2[2H])c([2H])c1[2H]. The second-order valence-corrected chi connectivity index (χ2v) is 30.2. The molecule has 660 valence electrons. The van der Waals surface area contributed by atoms with Gasteiger partial charge in [-0.3, -0.25) is 0 Å². The molecular weight excluding hydrogens is 1710 g/mol. The van der Waals surface area contributed by atoms with Gasteiger partial charge in [-0.1, -0.05) is 483 Å². The molecule has 28 aromatic rings. The van der Waals surface area contributed by atoms with Crippen LogP contribution in [-0.2, 0) is 0 Å². The largest absolute Gasteiger partial charge is 0.0636 e. The smallest absolute Gasteiger partial charge is 0.0622 e. The fourth-order valence-electron chi connectivity index (χ4n) is 16.0. The third kappa shape index (κ3) is 15.6. The lowest BCUT2D eigenvalue weighted by Gasteiger charge is -2.20. The molecule has 0 heteroatoms. The van der Waals surface area contributed by atoms with Gasteiger partial charge in [0.2, 0.25) is 0 Å². The predicted molar refractivity (Wildman–Crippen MR) is 612 cm³/mol. The van der Waals surface area contributed by atoms with Crippen LogP contribution >= 0.6 is 0 Å². The molecule has 0 bridgehead atoms. The van der Waals surface area contributed by atoms with E-state index in [-0.39, 0.29) is 0 Å². The van der Waals surface area contributed by atoms with E-state index in [0.717, 1.165) is 0 Å². The number of rotatable bonds is 12. The van der Waals surface area contributed by atoms with Crippen molar-refractivity contribution in [3.63, 3.8) is 0 Å². The summed E-state index contributed by atoms with van der Waals surface area (Å²) >= 11 is 0. The van der Waals surface area contributed by atoms with Crippen molar-refractivity contribution < 1.29 is 126 Å². The van der Waals surface area contributed by atoms with E-state index in [0.29, 0.717) is 0 Å². The van der Waals surface area contributed by atoms with Crippen LogP contribution in [-0.4, -0.2) is 0 Å². The number of fused-ring (bicyclic) bond motifs is 13. The maximum Gasteiger partial charge on any atom is 0.0636 e. The Hall–Kier alpha value is -18.5. The Morgan fingerprint density at radius 1 is 0.0845 bits per heavy atom. The molecule has 0 aliphatic rings. The van der Waals surface area contributed by atoms with Crippen LogP contribution in [0.5, 0.6) is 0 Å². The van der Waals surface area contributed by atoms with Crippen molar-refractivity contribution in [1.29, 1.82) is 0 Å². The van der Waals surface area contributed by atoms with Gasteiger partial charge in [0.05, 0.1) is 126 Å². The Morgan fingerprint density at radius 3 is 0.570 bits per heavy atom. The first-order chi connectivity index (χ1) is 109. The first-order valence-electron chi connectivity index (χ1n) is 87.8. The highest BCUT2D eigenvalue weighted by molar-refractivity contribution is 6.26.